The molecule has 0 aliphatic carbocycles. The minimum atomic E-state index is -0.451. The summed E-state index contributed by atoms with van der Waals surface area (Å²) in [5, 5.41) is 11.7. The first-order valence-electron chi connectivity index (χ1n) is 9.71. The molecule has 0 aliphatic rings. The molecule has 4 aromatic heterocycles. The van der Waals surface area contributed by atoms with E-state index >= 15 is 0 Å². The number of halogens is 1. The van der Waals surface area contributed by atoms with Gasteiger partial charge < -0.3 is 4.74 Å². The molecule has 31 heavy (non-hydrogen) atoms. The van der Waals surface area contributed by atoms with Crippen molar-refractivity contribution in [2.24, 2.45) is 0 Å². The summed E-state index contributed by atoms with van der Waals surface area (Å²) >= 11 is 2.42. The fourth-order valence-electron chi connectivity index (χ4n) is 3.44. The summed E-state index contributed by atoms with van der Waals surface area (Å²) in [7, 11) is 1.34. The second-order valence-corrected chi connectivity index (χ2v) is 9.22. The standard InChI is InChI=1S/C22H21IN6O2/c1-13(23)10-15-4-6-18(27-14(15)2)22-17(11-25-28-22)16-5-8-20-24-12-26-29(20)19(16)7-9-21(30)31-3/h4-9,11-13H,10H2,1-3H3,(H,25,28)/b9-7+. The molecular weight excluding hydrogens is 507 g/mol. The van der Waals surface area contributed by atoms with Crippen LogP contribution in [0.2, 0.25) is 0 Å². The van der Waals surface area contributed by atoms with E-state index in [0.29, 0.717) is 15.3 Å². The summed E-state index contributed by atoms with van der Waals surface area (Å²) < 4.78 is 6.95. The van der Waals surface area contributed by atoms with E-state index in [1.807, 2.05) is 31.3 Å². The summed E-state index contributed by atoms with van der Waals surface area (Å²) in [6, 6.07) is 7.93. The smallest absolute Gasteiger partial charge is 0.330 e. The minimum Gasteiger partial charge on any atom is -0.466 e. The van der Waals surface area contributed by atoms with Crippen LogP contribution in [0.5, 0.6) is 0 Å². The number of methoxy groups -OCH3 is 1. The summed E-state index contributed by atoms with van der Waals surface area (Å²) in [5.41, 5.74) is 6.78. The maximum atomic E-state index is 11.7. The Morgan fingerprint density at radius 3 is 2.87 bits per heavy atom. The Labute approximate surface area is 192 Å². The van der Waals surface area contributed by atoms with Crippen LogP contribution in [0.25, 0.3) is 34.2 Å². The number of esters is 1. The highest BCUT2D eigenvalue weighted by atomic mass is 127. The molecular formula is C22H21IN6O2. The lowest BCUT2D eigenvalue weighted by atomic mass is 10.0. The summed E-state index contributed by atoms with van der Waals surface area (Å²) in [5.74, 6) is -0.451. The van der Waals surface area contributed by atoms with Crippen molar-refractivity contribution in [2.45, 2.75) is 24.2 Å². The van der Waals surface area contributed by atoms with Crippen LogP contribution in [-0.2, 0) is 16.0 Å². The van der Waals surface area contributed by atoms with E-state index in [2.05, 4.69) is 55.9 Å². The van der Waals surface area contributed by atoms with Crippen molar-refractivity contribution in [1.82, 2.24) is 29.8 Å². The van der Waals surface area contributed by atoms with Crippen molar-refractivity contribution < 1.29 is 9.53 Å². The largest absolute Gasteiger partial charge is 0.466 e. The number of aromatic amines is 1. The first-order chi connectivity index (χ1) is 15.0. The zero-order valence-electron chi connectivity index (χ0n) is 17.3. The third-order valence-electron chi connectivity index (χ3n) is 4.93. The second kappa shape index (κ2) is 8.96. The van der Waals surface area contributed by atoms with Crippen molar-refractivity contribution in [1.29, 1.82) is 0 Å². The van der Waals surface area contributed by atoms with Gasteiger partial charge in [0.1, 0.15) is 12.0 Å². The van der Waals surface area contributed by atoms with Crippen LogP contribution in [0.3, 0.4) is 0 Å². The highest BCUT2D eigenvalue weighted by molar-refractivity contribution is 14.1. The van der Waals surface area contributed by atoms with Crippen LogP contribution < -0.4 is 0 Å². The minimum absolute atomic E-state index is 0.451. The molecule has 4 rings (SSSR count). The van der Waals surface area contributed by atoms with Crippen molar-refractivity contribution >= 4 is 40.3 Å². The van der Waals surface area contributed by atoms with Gasteiger partial charge in [0.2, 0.25) is 0 Å². The highest BCUT2D eigenvalue weighted by Crippen LogP contribution is 2.33. The van der Waals surface area contributed by atoms with E-state index in [0.717, 1.165) is 34.6 Å². The van der Waals surface area contributed by atoms with Gasteiger partial charge in [-0.3, -0.25) is 10.1 Å². The Hall–Kier alpha value is -3.08. The lowest BCUT2D eigenvalue weighted by Gasteiger charge is -2.11. The van der Waals surface area contributed by atoms with E-state index in [1.54, 1.807) is 10.6 Å². The van der Waals surface area contributed by atoms with Crippen LogP contribution >= 0.6 is 22.6 Å². The fraction of sp³-hybridized carbons (Fsp3) is 0.227. The molecule has 0 spiro atoms. The molecule has 0 radical (unpaired) electrons. The van der Waals surface area contributed by atoms with Gasteiger partial charge in [0.05, 0.1) is 18.5 Å². The molecule has 0 saturated carbocycles. The van der Waals surface area contributed by atoms with Crippen LogP contribution in [0, 0.1) is 6.92 Å². The number of alkyl halides is 1. The number of ether oxygens (including phenoxy) is 1. The number of aromatic nitrogens is 6. The first-order valence-corrected chi connectivity index (χ1v) is 11.0. The zero-order valence-corrected chi connectivity index (χ0v) is 19.5. The summed E-state index contributed by atoms with van der Waals surface area (Å²) in [4.78, 5) is 20.8. The molecule has 0 fully saturated rings. The molecule has 4 heterocycles. The molecule has 0 amide bonds. The van der Waals surface area contributed by atoms with Gasteiger partial charge in [-0.1, -0.05) is 35.6 Å². The predicted octanol–water partition coefficient (Wildman–Crippen LogP) is 4.04. The van der Waals surface area contributed by atoms with Gasteiger partial charge in [-0.15, -0.1) is 0 Å². The lowest BCUT2D eigenvalue weighted by Crippen LogP contribution is -2.02. The van der Waals surface area contributed by atoms with Crippen LogP contribution in [-0.4, -0.2) is 46.8 Å². The molecule has 1 atom stereocenters. The van der Waals surface area contributed by atoms with E-state index in [4.69, 9.17) is 9.72 Å². The number of carbonyl (C=O) groups excluding carboxylic acids is 1. The molecule has 1 unspecified atom stereocenters. The highest BCUT2D eigenvalue weighted by Gasteiger charge is 2.18. The first kappa shape index (κ1) is 21.2. The van der Waals surface area contributed by atoms with Crippen molar-refractivity contribution in [3.63, 3.8) is 0 Å². The van der Waals surface area contributed by atoms with Crippen LogP contribution in [0.1, 0.15) is 23.9 Å². The zero-order chi connectivity index (χ0) is 22.0. The number of pyridine rings is 2. The Kier molecular flexibility index (Phi) is 6.12. The summed E-state index contributed by atoms with van der Waals surface area (Å²) in [6.45, 7) is 4.21. The molecule has 9 heteroatoms. The average Bonchev–Trinajstić information content (AvgIpc) is 3.42. The number of hydrogen-bond acceptors (Lipinski definition) is 6. The molecule has 0 aromatic carbocycles. The number of aryl methyl sites for hydroxylation is 1. The van der Waals surface area contributed by atoms with Crippen molar-refractivity contribution in [3.8, 4) is 22.5 Å². The van der Waals surface area contributed by atoms with Gasteiger partial charge in [-0.2, -0.15) is 10.2 Å². The number of H-pyrrole nitrogens is 1. The number of nitrogens with zero attached hydrogens (tertiary/aromatic N) is 5. The number of rotatable bonds is 6. The van der Waals surface area contributed by atoms with Gasteiger partial charge >= 0.3 is 5.97 Å². The maximum Gasteiger partial charge on any atom is 0.330 e. The Morgan fingerprint density at radius 2 is 2.13 bits per heavy atom. The van der Waals surface area contributed by atoms with Gasteiger partial charge in [0.25, 0.3) is 0 Å². The molecule has 1 N–H and O–H groups in total. The van der Waals surface area contributed by atoms with E-state index < -0.39 is 5.97 Å². The van der Waals surface area contributed by atoms with Gasteiger partial charge in [-0.25, -0.2) is 14.3 Å². The molecule has 0 bridgehead atoms. The summed E-state index contributed by atoms with van der Waals surface area (Å²) in [6.07, 6.45) is 7.30. The van der Waals surface area contributed by atoms with Crippen molar-refractivity contribution in [3.05, 3.63) is 59.8 Å². The molecule has 0 aliphatic heterocycles. The number of fused-ring (bicyclic) bond motifs is 1. The van der Waals surface area contributed by atoms with Crippen LogP contribution in [0.4, 0.5) is 0 Å². The lowest BCUT2D eigenvalue weighted by molar-refractivity contribution is -0.134. The van der Waals surface area contributed by atoms with E-state index in [9.17, 15) is 4.79 Å². The topological polar surface area (TPSA) is 98.1 Å². The molecule has 8 nitrogen and oxygen atoms in total. The molecule has 158 valence electrons. The monoisotopic (exact) mass is 528 g/mol. The Morgan fingerprint density at radius 1 is 1.29 bits per heavy atom. The third-order valence-corrected chi connectivity index (χ3v) is 5.37. The normalized spacial score (nSPS) is 12.5. The van der Waals surface area contributed by atoms with Gasteiger partial charge in [0.15, 0.2) is 5.65 Å². The Bertz CT molecular complexity index is 1270. The quantitative estimate of drug-likeness (QED) is 0.176. The van der Waals surface area contributed by atoms with Gasteiger partial charge in [-0.05, 0) is 43.2 Å². The average molecular weight is 528 g/mol. The molecule has 0 saturated heterocycles. The molecule has 4 aromatic rings. The fourth-order valence-corrected chi connectivity index (χ4v) is 3.92. The third kappa shape index (κ3) is 4.36. The van der Waals surface area contributed by atoms with Crippen molar-refractivity contribution in [2.75, 3.05) is 7.11 Å². The number of carbonyl (C=O) groups is 1. The van der Waals surface area contributed by atoms with Crippen LogP contribution in [0.15, 0.2) is 42.9 Å². The Balaban J connectivity index is 1.83. The predicted molar refractivity (Wildman–Crippen MR) is 127 cm³/mol. The maximum absolute atomic E-state index is 11.7. The SMILES string of the molecule is COC(=O)/C=C/c1c(-c2c[nH]nc2-c2ccc(CC(C)I)c(C)n2)ccc2ncnn12. The second-order valence-electron chi connectivity index (χ2n) is 7.09. The number of hydrogen-bond donors (Lipinski definition) is 1. The number of nitrogens with one attached hydrogen (secondary N) is 1. The van der Waals surface area contributed by atoms with Gasteiger partial charge in [0, 0.05) is 33.0 Å². The van der Waals surface area contributed by atoms with E-state index in [-0.39, 0.29) is 0 Å². The van der Waals surface area contributed by atoms with E-state index in [1.165, 1.54) is 25.1 Å².